The van der Waals surface area contributed by atoms with Crippen molar-refractivity contribution in [2.75, 3.05) is 20.1 Å². The van der Waals surface area contributed by atoms with Gasteiger partial charge in [-0.2, -0.15) is 0 Å². The van der Waals surface area contributed by atoms with Crippen molar-refractivity contribution in [1.29, 1.82) is 0 Å². The number of ether oxygens (including phenoxy) is 1. The summed E-state index contributed by atoms with van der Waals surface area (Å²) in [6.07, 6.45) is 6.19. The van der Waals surface area contributed by atoms with Crippen LogP contribution < -0.4 is 5.32 Å². The summed E-state index contributed by atoms with van der Waals surface area (Å²) in [5, 5.41) is 3.40. The standard InChI is InChI=1S/C13H26N2O/c1-10-8-15(9-11(2)16-10)13-6-4-12(14-3)5-7-13/h10-14H,4-9H2,1-3H3. The molecule has 0 bridgehead atoms. The topological polar surface area (TPSA) is 24.5 Å². The van der Waals surface area contributed by atoms with Crippen molar-refractivity contribution in [2.24, 2.45) is 0 Å². The number of rotatable bonds is 2. The van der Waals surface area contributed by atoms with Crippen LogP contribution in [0.4, 0.5) is 0 Å². The number of hydrogen-bond acceptors (Lipinski definition) is 3. The quantitative estimate of drug-likeness (QED) is 0.774. The van der Waals surface area contributed by atoms with Crippen molar-refractivity contribution in [2.45, 2.75) is 63.8 Å². The Morgan fingerprint density at radius 1 is 1.00 bits per heavy atom. The Kier molecular flexibility index (Phi) is 4.22. The minimum Gasteiger partial charge on any atom is -0.373 e. The average Bonchev–Trinajstić information content (AvgIpc) is 2.28. The third-order valence-electron chi connectivity index (χ3n) is 4.07. The Balaban J connectivity index is 1.83. The number of hydrogen-bond donors (Lipinski definition) is 1. The lowest BCUT2D eigenvalue weighted by Gasteiger charge is -2.42. The molecule has 1 saturated carbocycles. The molecule has 1 heterocycles. The van der Waals surface area contributed by atoms with Crippen molar-refractivity contribution in [3.8, 4) is 0 Å². The Morgan fingerprint density at radius 2 is 1.56 bits per heavy atom. The molecular formula is C13H26N2O. The predicted octanol–water partition coefficient (Wildman–Crippen LogP) is 1.63. The second-order valence-electron chi connectivity index (χ2n) is 5.51. The van der Waals surface area contributed by atoms with E-state index in [1.807, 2.05) is 0 Å². The molecule has 1 saturated heterocycles. The molecule has 1 N–H and O–H groups in total. The first-order valence-electron chi connectivity index (χ1n) is 6.75. The van der Waals surface area contributed by atoms with Gasteiger partial charge in [0.2, 0.25) is 0 Å². The van der Waals surface area contributed by atoms with Crippen LogP contribution in [-0.2, 0) is 4.74 Å². The Hall–Kier alpha value is -0.120. The molecule has 3 heteroatoms. The Bertz CT molecular complexity index is 204. The van der Waals surface area contributed by atoms with Gasteiger partial charge in [0.15, 0.2) is 0 Å². The number of morpholine rings is 1. The van der Waals surface area contributed by atoms with Crippen molar-refractivity contribution in [3.05, 3.63) is 0 Å². The molecule has 94 valence electrons. The van der Waals surface area contributed by atoms with Crippen LogP contribution in [-0.4, -0.2) is 49.3 Å². The zero-order chi connectivity index (χ0) is 11.5. The van der Waals surface area contributed by atoms with Crippen LogP contribution in [0.25, 0.3) is 0 Å². The molecule has 0 aromatic carbocycles. The van der Waals surface area contributed by atoms with E-state index in [2.05, 4.69) is 31.1 Å². The second kappa shape index (κ2) is 5.48. The van der Waals surface area contributed by atoms with Crippen molar-refractivity contribution < 1.29 is 4.74 Å². The third-order valence-corrected chi connectivity index (χ3v) is 4.07. The van der Waals surface area contributed by atoms with Crippen molar-refractivity contribution >= 4 is 0 Å². The van der Waals surface area contributed by atoms with E-state index in [4.69, 9.17) is 4.74 Å². The molecule has 0 radical (unpaired) electrons. The maximum atomic E-state index is 5.80. The van der Waals surface area contributed by atoms with E-state index < -0.39 is 0 Å². The minimum atomic E-state index is 0.408. The fourth-order valence-electron chi connectivity index (χ4n) is 3.25. The molecule has 16 heavy (non-hydrogen) atoms. The summed E-state index contributed by atoms with van der Waals surface area (Å²) in [5.74, 6) is 0. The van der Waals surface area contributed by atoms with E-state index in [0.717, 1.165) is 25.2 Å². The molecule has 1 aliphatic heterocycles. The zero-order valence-corrected chi connectivity index (χ0v) is 10.9. The first-order chi connectivity index (χ1) is 7.69. The summed E-state index contributed by atoms with van der Waals surface area (Å²) >= 11 is 0. The van der Waals surface area contributed by atoms with E-state index in [1.165, 1.54) is 25.7 Å². The molecule has 0 aromatic rings. The highest BCUT2D eigenvalue weighted by atomic mass is 16.5. The second-order valence-corrected chi connectivity index (χ2v) is 5.51. The lowest BCUT2D eigenvalue weighted by Crippen LogP contribution is -2.51. The zero-order valence-electron chi connectivity index (χ0n) is 10.9. The minimum absolute atomic E-state index is 0.408. The molecule has 2 atom stereocenters. The molecule has 2 rings (SSSR count). The van der Waals surface area contributed by atoms with Crippen LogP contribution in [0.2, 0.25) is 0 Å². The predicted molar refractivity (Wildman–Crippen MR) is 66.7 cm³/mol. The molecule has 0 spiro atoms. The van der Waals surface area contributed by atoms with E-state index >= 15 is 0 Å². The summed E-state index contributed by atoms with van der Waals surface area (Å²) in [6, 6.07) is 1.56. The number of nitrogens with one attached hydrogen (secondary N) is 1. The molecule has 2 unspecified atom stereocenters. The fourth-order valence-corrected chi connectivity index (χ4v) is 3.25. The van der Waals surface area contributed by atoms with Crippen LogP contribution >= 0.6 is 0 Å². The third kappa shape index (κ3) is 2.96. The van der Waals surface area contributed by atoms with Crippen LogP contribution in [0.1, 0.15) is 39.5 Å². The van der Waals surface area contributed by atoms with Crippen LogP contribution in [0.5, 0.6) is 0 Å². The maximum absolute atomic E-state index is 5.80. The monoisotopic (exact) mass is 226 g/mol. The fraction of sp³-hybridized carbons (Fsp3) is 1.00. The maximum Gasteiger partial charge on any atom is 0.0678 e. The molecule has 1 aliphatic carbocycles. The van der Waals surface area contributed by atoms with Gasteiger partial charge in [-0.25, -0.2) is 0 Å². The number of nitrogens with zero attached hydrogens (tertiary/aromatic N) is 1. The van der Waals surface area contributed by atoms with E-state index in [0.29, 0.717) is 12.2 Å². The first-order valence-corrected chi connectivity index (χ1v) is 6.75. The van der Waals surface area contributed by atoms with Gasteiger partial charge < -0.3 is 10.1 Å². The summed E-state index contributed by atoms with van der Waals surface area (Å²) in [7, 11) is 2.09. The van der Waals surface area contributed by atoms with Crippen molar-refractivity contribution in [1.82, 2.24) is 10.2 Å². The molecule has 2 aliphatic rings. The van der Waals surface area contributed by atoms with E-state index in [9.17, 15) is 0 Å². The van der Waals surface area contributed by atoms with Gasteiger partial charge in [0.25, 0.3) is 0 Å². The summed E-state index contributed by atoms with van der Waals surface area (Å²) in [5.41, 5.74) is 0. The Morgan fingerprint density at radius 3 is 2.06 bits per heavy atom. The Labute approximate surface area is 99.5 Å². The van der Waals surface area contributed by atoms with Gasteiger partial charge in [-0.3, -0.25) is 4.90 Å². The highest BCUT2D eigenvalue weighted by Gasteiger charge is 2.30. The van der Waals surface area contributed by atoms with Gasteiger partial charge in [-0.15, -0.1) is 0 Å². The van der Waals surface area contributed by atoms with Crippen LogP contribution in [0.3, 0.4) is 0 Å². The molecular weight excluding hydrogens is 200 g/mol. The lowest BCUT2D eigenvalue weighted by molar-refractivity contribution is -0.0846. The van der Waals surface area contributed by atoms with Gasteiger partial charge in [-0.1, -0.05) is 0 Å². The molecule has 0 amide bonds. The highest BCUT2D eigenvalue weighted by Crippen LogP contribution is 2.25. The van der Waals surface area contributed by atoms with Crippen LogP contribution in [0.15, 0.2) is 0 Å². The average molecular weight is 226 g/mol. The normalized spacial score (nSPS) is 42.2. The summed E-state index contributed by atoms with van der Waals surface area (Å²) in [6.45, 7) is 6.64. The molecule has 2 fully saturated rings. The van der Waals surface area contributed by atoms with Gasteiger partial charge in [-0.05, 0) is 46.6 Å². The SMILES string of the molecule is CNC1CCC(N2CC(C)OC(C)C2)CC1. The van der Waals surface area contributed by atoms with E-state index in [-0.39, 0.29) is 0 Å². The highest BCUT2D eigenvalue weighted by molar-refractivity contribution is 4.85. The van der Waals surface area contributed by atoms with Crippen LogP contribution in [0, 0.1) is 0 Å². The molecule has 3 nitrogen and oxygen atoms in total. The van der Waals surface area contributed by atoms with Gasteiger partial charge in [0.05, 0.1) is 12.2 Å². The summed E-state index contributed by atoms with van der Waals surface area (Å²) < 4.78 is 5.80. The van der Waals surface area contributed by atoms with E-state index in [1.54, 1.807) is 0 Å². The van der Waals surface area contributed by atoms with Gasteiger partial charge in [0, 0.05) is 25.2 Å². The first kappa shape index (κ1) is 12.3. The largest absolute Gasteiger partial charge is 0.373 e. The molecule has 0 aromatic heterocycles. The van der Waals surface area contributed by atoms with Gasteiger partial charge >= 0.3 is 0 Å². The van der Waals surface area contributed by atoms with Crippen molar-refractivity contribution in [3.63, 3.8) is 0 Å². The summed E-state index contributed by atoms with van der Waals surface area (Å²) in [4.78, 5) is 2.66. The van der Waals surface area contributed by atoms with Gasteiger partial charge in [0.1, 0.15) is 0 Å². The lowest BCUT2D eigenvalue weighted by atomic mass is 9.89. The smallest absolute Gasteiger partial charge is 0.0678 e.